The third kappa shape index (κ3) is 3.24. The second-order valence-corrected chi connectivity index (χ2v) is 5.29. The van der Waals surface area contributed by atoms with E-state index in [1.54, 1.807) is 6.92 Å². The Labute approximate surface area is 131 Å². The van der Waals surface area contributed by atoms with Crippen molar-refractivity contribution in [3.8, 4) is 0 Å². The highest BCUT2D eigenvalue weighted by Crippen LogP contribution is 2.31. The SMILES string of the molecule is CC(OC(=O)c1ncoc1C1CCCO1)c1ccc(F)c(F)c1. The topological polar surface area (TPSA) is 61.6 Å². The molecule has 122 valence electrons. The summed E-state index contributed by atoms with van der Waals surface area (Å²) in [5.74, 6) is -2.30. The molecule has 1 saturated heterocycles. The number of halogens is 2. The van der Waals surface area contributed by atoms with Crippen LogP contribution >= 0.6 is 0 Å². The van der Waals surface area contributed by atoms with Crippen molar-refractivity contribution in [2.24, 2.45) is 0 Å². The summed E-state index contributed by atoms with van der Waals surface area (Å²) in [6.45, 7) is 2.17. The molecule has 5 nitrogen and oxygen atoms in total. The molecule has 0 bridgehead atoms. The maximum absolute atomic E-state index is 13.3. The molecule has 1 aliphatic heterocycles. The Kier molecular flexibility index (Phi) is 4.38. The van der Waals surface area contributed by atoms with Gasteiger partial charge in [-0.05, 0) is 37.5 Å². The van der Waals surface area contributed by atoms with Crippen LogP contribution in [-0.2, 0) is 9.47 Å². The molecule has 0 spiro atoms. The minimum atomic E-state index is -0.994. The minimum absolute atomic E-state index is 0.0475. The molecule has 1 fully saturated rings. The molecule has 7 heteroatoms. The van der Waals surface area contributed by atoms with Crippen LogP contribution in [0.5, 0.6) is 0 Å². The zero-order chi connectivity index (χ0) is 16.4. The Balaban J connectivity index is 1.74. The van der Waals surface area contributed by atoms with Crippen LogP contribution in [0.15, 0.2) is 29.0 Å². The smallest absolute Gasteiger partial charge is 0.361 e. The summed E-state index contributed by atoms with van der Waals surface area (Å²) in [5, 5.41) is 0. The Hall–Kier alpha value is -2.28. The lowest BCUT2D eigenvalue weighted by Crippen LogP contribution is -2.13. The maximum Gasteiger partial charge on any atom is 0.361 e. The predicted molar refractivity (Wildman–Crippen MR) is 74.6 cm³/mol. The standard InChI is InChI=1S/C16H15F2NO4/c1-9(10-4-5-11(17)12(18)7-10)23-16(20)14-15(22-8-19-14)13-3-2-6-21-13/h4-5,7-9,13H,2-3,6H2,1H3. The van der Waals surface area contributed by atoms with Gasteiger partial charge in [0.15, 0.2) is 29.5 Å². The van der Waals surface area contributed by atoms with Gasteiger partial charge in [-0.25, -0.2) is 18.6 Å². The third-order valence-corrected chi connectivity index (χ3v) is 3.71. The largest absolute Gasteiger partial charge is 0.453 e. The van der Waals surface area contributed by atoms with Gasteiger partial charge < -0.3 is 13.9 Å². The van der Waals surface area contributed by atoms with E-state index in [2.05, 4.69) is 4.98 Å². The summed E-state index contributed by atoms with van der Waals surface area (Å²) in [7, 11) is 0. The Morgan fingerprint density at radius 2 is 2.22 bits per heavy atom. The average Bonchev–Trinajstić information content (AvgIpc) is 3.19. The normalized spacial score (nSPS) is 18.8. The number of aromatic nitrogens is 1. The van der Waals surface area contributed by atoms with E-state index in [1.165, 1.54) is 6.07 Å². The molecule has 1 aromatic carbocycles. The lowest BCUT2D eigenvalue weighted by molar-refractivity contribution is 0.0315. The molecular formula is C16H15F2NO4. The van der Waals surface area contributed by atoms with Crippen LogP contribution < -0.4 is 0 Å². The quantitative estimate of drug-likeness (QED) is 0.803. The molecule has 2 atom stereocenters. The van der Waals surface area contributed by atoms with E-state index in [-0.39, 0.29) is 11.8 Å². The van der Waals surface area contributed by atoms with Crippen molar-refractivity contribution in [2.75, 3.05) is 6.61 Å². The molecular weight excluding hydrogens is 308 g/mol. The number of hydrogen-bond acceptors (Lipinski definition) is 5. The maximum atomic E-state index is 13.3. The van der Waals surface area contributed by atoms with E-state index in [0.717, 1.165) is 31.4 Å². The summed E-state index contributed by atoms with van der Waals surface area (Å²) in [5.41, 5.74) is 0.394. The van der Waals surface area contributed by atoms with E-state index in [1.807, 2.05) is 0 Å². The Morgan fingerprint density at radius 3 is 2.91 bits per heavy atom. The molecule has 0 amide bonds. The van der Waals surface area contributed by atoms with Gasteiger partial charge in [0.25, 0.3) is 0 Å². The Morgan fingerprint density at radius 1 is 1.39 bits per heavy atom. The first-order valence-corrected chi connectivity index (χ1v) is 7.27. The number of esters is 1. The zero-order valence-corrected chi connectivity index (χ0v) is 12.4. The number of ether oxygens (including phenoxy) is 2. The van der Waals surface area contributed by atoms with Gasteiger partial charge in [-0.2, -0.15) is 0 Å². The summed E-state index contributed by atoms with van der Waals surface area (Å²) in [4.78, 5) is 16.1. The first-order chi connectivity index (χ1) is 11.1. The van der Waals surface area contributed by atoms with Gasteiger partial charge >= 0.3 is 5.97 Å². The van der Waals surface area contributed by atoms with Crippen LogP contribution in [0.2, 0.25) is 0 Å². The van der Waals surface area contributed by atoms with Crippen molar-refractivity contribution in [1.29, 1.82) is 0 Å². The van der Waals surface area contributed by atoms with E-state index in [4.69, 9.17) is 13.9 Å². The van der Waals surface area contributed by atoms with Crippen LogP contribution in [0.1, 0.15) is 53.8 Å². The molecule has 0 radical (unpaired) electrons. The summed E-state index contributed by atoms with van der Waals surface area (Å²) < 4.78 is 42.2. The number of oxazole rings is 1. The number of nitrogens with zero attached hydrogens (tertiary/aromatic N) is 1. The first-order valence-electron chi connectivity index (χ1n) is 7.27. The van der Waals surface area contributed by atoms with Crippen LogP contribution in [-0.4, -0.2) is 17.6 Å². The average molecular weight is 323 g/mol. The molecule has 3 rings (SSSR count). The number of carbonyl (C=O) groups is 1. The minimum Gasteiger partial charge on any atom is -0.453 e. The van der Waals surface area contributed by atoms with Crippen molar-refractivity contribution < 1.29 is 27.5 Å². The van der Waals surface area contributed by atoms with Crippen molar-refractivity contribution in [2.45, 2.75) is 32.0 Å². The van der Waals surface area contributed by atoms with Crippen molar-refractivity contribution in [3.05, 3.63) is 53.2 Å². The highest BCUT2D eigenvalue weighted by molar-refractivity contribution is 5.88. The van der Waals surface area contributed by atoms with Gasteiger partial charge in [-0.3, -0.25) is 0 Å². The Bertz CT molecular complexity index is 710. The molecule has 23 heavy (non-hydrogen) atoms. The van der Waals surface area contributed by atoms with E-state index in [9.17, 15) is 13.6 Å². The van der Waals surface area contributed by atoms with Crippen molar-refractivity contribution >= 4 is 5.97 Å². The number of benzene rings is 1. The van der Waals surface area contributed by atoms with Gasteiger partial charge in [0.2, 0.25) is 0 Å². The van der Waals surface area contributed by atoms with Crippen molar-refractivity contribution in [1.82, 2.24) is 4.98 Å². The van der Waals surface area contributed by atoms with Gasteiger partial charge in [0, 0.05) is 6.61 Å². The van der Waals surface area contributed by atoms with Crippen LogP contribution in [0.25, 0.3) is 0 Å². The van der Waals surface area contributed by atoms with Crippen molar-refractivity contribution in [3.63, 3.8) is 0 Å². The van der Waals surface area contributed by atoms with E-state index >= 15 is 0 Å². The monoisotopic (exact) mass is 323 g/mol. The molecule has 0 saturated carbocycles. The fraction of sp³-hybridized carbons (Fsp3) is 0.375. The predicted octanol–water partition coefficient (Wildman–Crippen LogP) is 3.72. The van der Waals surface area contributed by atoms with Gasteiger partial charge in [0.05, 0.1) is 0 Å². The lowest BCUT2D eigenvalue weighted by Gasteiger charge is -2.14. The summed E-state index contributed by atoms with van der Waals surface area (Å²) in [6.07, 6.45) is 1.72. The fourth-order valence-electron chi connectivity index (χ4n) is 2.47. The van der Waals surface area contributed by atoms with Crippen LogP contribution in [0, 0.1) is 11.6 Å². The van der Waals surface area contributed by atoms with Gasteiger partial charge in [-0.1, -0.05) is 6.07 Å². The molecule has 2 aromatic rings. The highest BCUT2D eigenvalue weighted by Gasteiger charge is 2.29. The molecule has 1 aliphatic rings. The fourth-order valence-corrected chi connectivity index (χ4v) is 2.47. The highest BCUT2D eigenvalue weighted by atomic mass is 19.2. The second-order valence-electron chi connectivity index (χ2n) is 5.29. The van der Waals surface area contributed by atoms with Crippen LogP contribution in [0.4, 0.5) is 8.78 Å². The molecule has 0 aliphatic carbocycles. The number of hydrogen-bond donors (Lipinski definition) is 0. The third-order valence-electron chi connectivity index (χ3n) is 3.71. The molecule has 2 heterocycles. The number of carbonyl (C=O) groups excluding carboxylic acids is 1. The second kappa shape index (κ2) is 6.45. The van der Waals surface area contributed by atoms with E-state index < -0.39 is 23.7 Å². The number of rotatable bonds is 4. The van der Waals surface area contributed by atoms with Gasteiger partial charge in [-0.15, -0.1) is 0 Å². The lowest BCUT2D eigenvalue weighted by atomic mass is 10.1. The van der Waals surface area contributed by atoms with Crippen LogP contribution in [0.3, 0.4) is 0 Å². The molecule has 0 N–H and O–H groups in total. The summed E-state index contributed by atoms with van der Waals surface area (Å²) >= 11 is 0. The first kappa shape index (κ1) is 15.6. The molecule has 1 aromatic heterocycles. The molecule has 2 unspecified atom stereocenters. The van der Waals surface area contributed by atoms with E-state index in [0.29, 0.717) is 17.9 Å². The zero-order valence-electron chi connectivity index (χ0n) is 12.4. The van der Waals surface area contributed by atoms with Gasteiger partial charge in [0.1, 0.15) is 12.2 Å². The summed E-state index contributed by atoms with van der Waals surface area (Å²) in [6, 6.07) is 3.35.